The molecular formula is C16H29N5. The predicted molar refractivity (Wildman–Crippen MR) is 87.7 cm³/mol. The summed E-state index contributed by atoms with van der Waals surface area (Å²) in [7, 11) is 0. The minimum atomic E-state index is 0.113. The van der Waals surface area contributed by atoms with Gasteiger partial charge in [-0.3, -0.25) is 0 Å². The summed E-state index contributed by atoms with van der Waals surface area (Å²) in [6.07, 6.45) is 1.97. The van der Waals surface area contributed by atoms with Crippen molar-refractivity contribution in [2.45, 2.75) is 46.7 Å². The standard InChI is InChI=1S/C16H29N5/c1-6-20-7-9-21(10-8-20)15-17-11-14(13(2)19-15)12-18-16(3,4)5/h11,18H,6-10,12H2,1-5H3. The van der Waals surface area contributed by atoms with Gasteiger partial charge in [0.25, 0.3) is 0 Å². The van der Waals surface area contributed by atoms with Crippen molar-refractivity contribution in [3.8, 4) is 0 Å². The molecule has 21 heavy (non-hydrogen) atoms. The Morgan fingerprint density at radius 3 is 2.38 bits per heavy atom. The average molecular weight is 291 g/mol. The molecule has 0 unspecified atom stereocenters. The van der Waals surface area contributed by atoms with Crippen LogP contribution in [0.15, 0.2) is 6.20 Å². The third-order valence-corrected chi connectivity index (χ3v) is 3.98. The number of hydrogen-bond acceptors (Lipinski definition) is 5. The Labute approximate surface area is 128 Å². The van der Waals surface area contributed by atoms with Gasteiger partial charge >= 0.3 is 0 Å². The maximum atomic E-state index is 4.70. The first kappa shape index (κ1) is 16.2. The Kier molecular flexibility index (Phi) is 5.17. The highest BCUT2D eigenvalue weighted by atomic mass is 15.3. The minimum Gasteiger partial charge on any atom is -0.338 e. The molecule has 1 aromatic heterocycles. The van der Waals surface area contributed by atoms with Gasteiger partial charge in [-0.15, -0.1) is 0 Å². The molecule has 1 N–H and O–H groups in total. The first-order valence-corrected chi connectivity index (χ1v) is 7.94. The molecule has 1 aliphatic rings. The third-order valence-electron chi connectivity index (χ3n) is 3.98. The van der Waals surface area contributed by atoms with Gasteiger partial charge in [-0.25, -0.2) is 9.97 Å². The minimum absolute atomic E-state index is 0.113. The van der Waals surface area contributed by atoms with Gasteiger partial charge in [0.15, 0.2) is 0 Å². The molecule has 5 nitrogen and oxygen atoms in total. The Hall–Kier alpha value is -1.20. The lowest BCUT2D eigenvalue weighted by Crippen LogP contribution is -2.46. The van der Waals surface area contributed by atoms with Crippen molar-refractivity contribution in [1.82, 2.24) is 20.2 Å². The Morgan fingerprint density at radius 2 is 1.86 bits per heavy atom. The first-order valence-electron chi connectivity index (χ1n) is 7.94. The Morgan fingerprint density at radius 1 is 1.19 bits per heavy atom. The predicted octanol–water partition coefficient (Wildman–Crippen LogP) is 1.82. The van der Waals surface area contributed by atoms with Crippen molar-refractivity contribution in [1.29, 1.82) is 0 Å². The van der Waals surface area contributed by atoms with E-state index < -0.39 is 0 Å². The maximum Gasteiger partial charge on any atom is 0.225 e. The molecule has 1 saturated heterocycles. The molecule has 0 amide bonds. The molecule has 0 radical (unpaired) electrons. The van der Waals surface area contributed by atoms with Crippen LogP contribution in [0.1, 0.15) is 39.0 Å². The number of nitrogens with zero attached hydrogens (tertiary/aromatic N) is 4. The number of aromatic nitrogens is 2. The highest BCUT2D eigenvalue weighted by Gasteiger charge is 2.18. The van der Waals surface area contributed by atoms with Crippen LogP contribution in [0.2, 0.25) is 0 Å². The molecule has 118 valence electrons. The van der Waals surface area contributed by atoms with Gasteiger partial charge in [0.1, 0.15) is 0 Å². The molecule has 2 heterocycles. The summed E-state index contributed by atoms with van der Waals surface area (Å²) >= 11 is 0. The van der Waals surface area contributed by atoms with Crippen molar-refractivity contribution in [2.75, 3.05) is 37.6 Å². The molecule has 2 rings (SSSR count). The second kappa shape index (κ2) is 6.71. The fourth-order valence-corrected chi connectivity index (χ4v) is 2.43. The molecule has 0 spiro atoms. The number of nitrogens with one attached hydrogen (secondary N) is 1. The molecule has 1 fully saturated rings. The highest BCUT2D eigenvalue weighted by molar-refractivity contribution is 5.33. The van der Waals surface area contributed by atoms with E-state index in [-0.39, 0.29) is 5.54 Å². The quantitative estimate of drug-likeness (QED) is 0.916. The first-order chi connectivity index (χ1) is 9.89. The molecule has 0 atom stereocenters. The van der Waals surface area contributed by atoms with Crippen LogP contribution < -0.4 is 10.2 Å². The van der Waals surface area contributed by atoms with Crippen molar-refractivity contribution in [3.63, 3.8) is 0 Å². The Balaban J connectivity index is 1.99. The topological polar surface area (TPSA) is 44.3 Å². The molecule has 0 saturated carbocycles. The van der Waals surface area contributed by atoms with Crippen molar-refractivity contribution < 1.29 is 0 Å². The number of aryl methyl sites for hydroxylation is 1. The van der Waals surface area contributed by atoms with E-state index in [0.29, 0.717) is 0 Å². The van der Waals surface area contributed by atoms with Crippen molar-refractivity contribution >= 4 is 5.95 Å². The highest BCUT2D eigenvalue weighted by Crippen LogP contribution is 2.14. The van der Waals surface area contributed by atoms with Crippen LogP contribution in [0.25, 0.3) is 0 Å². The zero-order valence-electron chi connectivity index (χ0n) is 14.1. The zero-order valence-corrected chi connectivity index (χ0v) is 14.1. The number of piperazine rings is 1. The summed E-state index contributed by atoms with van der Waals surface area (Å²) < 4.78 is 0. The van der Waals surface area contributed by atoms with Gasteiger partial charge in [-0.1, -0.05) is 6.92 Å². The monoisotopic (exact) mass is 291 g/mol. The normalized spacial score (nSPS) is 17.3. The summed E-state index contributed by atoms with van der Waals surface area (Å²) in [5, 5.41) is 3.49. The molecular weight excluding hydrogens is 262 g/mol. The lowest BCUT2D eigenvalue weighted by molar-refractivity contribution is 0.270. The molecule has 0 aromatic carbocycles. The van der Waals surface area contributed by atoms with Gasteiger partial charge in [0.2, 0.25) is 5.95 Å². The summed E-state index contributed by atoms with van der Waals surface area (Å²) in [5.74, 6) is 0.878. The number of likely N-dealkylation sites (N-methyl/N-ethyl adjacent to an activating group) is 1. The fraction of sp³-hybridized carbons (Fsp3) is 0.750. The summed E-state index contributed by atoms with van der Waals surface area (Å²) in [6.45, 7) is 17.0. The van der Waals surface area contributed by atoms with Crippen molar-refractivity contribution in [2.24, 2.45) is 0 Å². The van der Waals surface area contributed by atoms with Gasteiger partial charge in [0.05, 0.1) is 0 Å². The number of rotatable bonds is 4. The van der Waals surface area contributed by atoms with Crippen molar-refractivity contribution in [3.05, 3.63) is 17.5 Å². The SMILES string of the molecule is CCN1CCN(c2ncc(CNC(C)(C)C)c(C)n2)CC1. The van der Waals surface area contributed by atoms with Crippen LogP contribution in [0.4, 0.5) is 5.95 Å². The van der Waals surface area contributed by atoms with Gasteiger partial charge in [0, 0.05) is 55.7 Å². The molecule has 0 bridgehead atoms. The summed E-state index contributed by atoms with van der Waals surface area (Å²) in [6, 6.07) is 0. The summed E-state index contributed by atoms with van der Waals surface area (Å²) in [5.41, 5.74) is 2.37. The molecule has 5 heteroatoms. The number of hydrogen-bond donors (Lipinski definition) is 1. The van der Waals surface area contributed by atoms with E-state index >= 15 is 0 Å². The van der Waals surface area contributed by atoms with Crippen LogP contribution in [-0.2, 0) is 6.54 Å². The van der Waals surface area contributed by atoms with Crippen LogP contribution in [0.3, 0.4) is 0 Å². The van der Waals surface area contributed by atoms with E-state index in [9.17, 15) is 0 Å². The lowest BCUT2D eigenvalue weighted by Gasteiger charge is -2.34. The second-order valence-electron chi connectivity index (χ2n) is 6.81. The zero-order chi connectivity index (χ0) is 15.5. The molecule has 1 aromatic rings. The van der Waals surface area contributed by atoms with Crippen LogP contribution >= 0.6 is 0 Å². The van der Waals surface area contributed by atoms with E-state index in [1.165, 1.54) is 5.56 Å². The van der Waals surface area contributed by atoms with Gasteiger partial charge < -0.3 is 15.1 Å². The van der Waals surface area contributed by atoms with E-state index in [1.807, 2.05) is 6.20 Å². The largest absolute Gasteiger partial charge is 0.338 e. The van der Waals surface area contributed by atoms with E-state index in [0.717, 1.165) is 50.9 Å². The molecule has 1 aliphatic heterocycles. The lowest BCUT2D eigenvalue weighted by atomic mass is 10.1. The van der Waals surface area contributed by atoms with Crippen LogP contribution in [0.5, 0.6) is 0 Å². The Bertz CT molecular complexity index is 458. The maximum absolute atomic E-state index is 4.70. The summed E-state index contributed by atoms with van der Waals surface area (Å²) in [4.78, 5) is 14.0. The average Bonchev–Trinajstić information content (AvgIpc) is 2.45. The fourth-order valence-electron chi connectivity index (χ4n) is 2.43. The van der Waals surface area contributed by atoms with E-state index in [1.54, 1.807) is 0 Å². The third kappa shape index (κ3) is 4.64. The van der Waals surface area contributed by atoms with Gasteiger partial charge in [-0.2, -0.15) is 0 Å². The second-order valence-corrected chi connectivity index (χ2v) is 6.81. The number of anilines is 1. The van der Waals surface area contributed by atoms with Crippen LogP contribution in [-0.4, -0.2) is 53.1 Å². The molecule has 0 aliphatic carbocycles. The smallest absolute Gasteiger partial charge is 0.225 e. The van der Waals surface area contributed by atoms with Gasteiger partial charge in [-0.05, 0) is 34.2 Å². The van der Waals surface area contributed by atoms with Crippen LogP contribution in [0, 0.1) is 6.92 Å². The van der Waals surface area contributed by atoms with E-state index in [4.69, 9.17) is 4.98 Å². The van der Waals surface area contributed by atoms with E-state index in [2.05, 4.69) is 54.7 Å².